The molecule has 2 saturated carbocycles. The Bertz CT molecular complexity index is 896. The lowest BCUT2D eigenvalue weighted by Crippen LogP contribution is -2.01. The zero-order valence-corrected chi connectivity index (χ0v) is 14.4. The summed E-state index contributed by atoms with van der Waals surface area (Å²) in [6.07, 6.45) is 6.58. The van der Waals surface area contributed by atoms with E-state index in [9.17, 15) is 4.39 Å². The van der Waals surface area contributed by atoms with Crippen LogP contribution in [-0.2, 0) is 5.75 Å². The van der Waals surface area contributed by atoms with Crippen molar-refractivity contribution in [2.24, 2.45) is 0 Å². The lowest BCUT2D eigenvalue weighted by molar-refractivity contribution is 0.572. The molecule has 0 saturated heterocycles. The van der Waals surface area contributed by atoms with Gasteiger partial charge in [0, 0.05) is 23.3 Å². The molecule has 2 aliphatic rings. The highest BCUT2D eigenvalue weighted by atomic mass is 32.2. The third-order valence-corrected chi connectivity index (χ3v) is 5.51. The molecule has 3 aromatic rings. The third kappa shape index (κ3) is 3.08. The lowest BCUT2D eigenvalue weighted by atomic mass is 10.2. The molecule has 0 unspecified atom stereocenters. The Balaban J connectivity index is 1.31. The second-order valence-corrected chi connectivity index (χ2v) is 7.60. The van der Waals surface area contributed by atoms with Crippen molar-refractivity contribution in [1.29, 1.82) is 0 Å². The Kier molecular flexibility index (Phi) is 3.62. The van der Waals surface area contributed by atoms with Gasteiger partial charge in [-0.25, -0.2) is 9.37 Å². The van der Waals surface area contributed by atoms with E-state index in [-0.39, 0.29) is 5.82 Å². The van der Waals surface area contributed by atoms with Gasteiger partial charge < -0.3 is 8.98 Å². The van der Waals surface area contributed by atoms with Crippen molar-refractivity contribution in [3.63, 3.8) is 0 Å². The first-order valence-electron chi connectivity index (χ1n) is 8.56. The summed E-state index contributed by atoms with van der Waals surface area (Å²) in [6.45, 7) is 0. The van der Waals surface area contributed by atoms with Gasteiger partial charge in [0.05, 0.1) is 5.69 Å². The maximum absolute atomic E-state index is 13.0. The fourth-order valence-corrected chi connectivity index (χ4v) is 3.81. The molecule has 0 atom stereocenters. The maximum atomic E-state index is 13.0. The van der Waals surface area contributed by atoms with E-state index in [0.29, 0.717) is 23.6 Å². The SMILES string of the molecule is Fc1ccc(-c2nc(CSc3nnc(C4CC4)n3C3CC3)co2)cc1. The summed E-state index contributed by atoms with van der Waals surface area (Å²) < 4.78 is 20.9. The average molecular weight is 356 g/mol. The molecule has 25 heavy (non-hydrogen) atoms. The summed E-state index contributed by atoms with van der Waals surface area (Å²) in [5, 5.41) is 9.81. The molecule has 0 aliphatic heterocycles. The Morgan fingerprint density at radius 1 is 1.12 bits per heavy atom. The molecular formula is C18H17FN4OS. The van der Waals surface area contributed by atoms with Gasteiger partial charge in [-0.05, 0) is 49.9 Å². The molecule has 5 rings (SSSR count). The van der Waals surface area contributed by atoms with Crippen molar-refractivity contribution in [3.8, 4) is 11.5 Å². The van der Waals surface area contributed by atoms with Crippen LogP contribution in [0.3, 0.4) is 0 Å². The molecule has 0 radical (unpaired) electrons. The molecule has 0 N–H and O–H groups in total. The molecule has 0 spiro atoms. The minimum absolute atomic E-state index is 0.267. The first-order chi connectivity index (χ1) is 12.3. The van der Waals surface area contributed by atoms with Crippen molar-refractivity contribution in [2.45, 2.75) is 48.6 Å². The van der Waals surface area contributed by atoms with Crippen LogP contribution in [-0.4, -0.2) is 19.7 Å². The molecule has 7 heteroatoms. The Hall–Kier alpha value is -2.15. The summed E-state index contributed by atoms with van der Waals surface area (Å²) in [5.74, 6) is 2.70. The third-order valence-electron chi connectivity index (χ3n) is 4.54. The predicted molar refractivity (Wildman–Crippen MR) is 91.7 cm³/mol. The predicted octanol–water partition coefficient (Wildman–Crippen LogP) is 4.58. The van der Waals surface area contributed by atoms with Crippen molar-refractivity contribution in [1.82, 2.24) is 19.7 Å². The Morgan fingerprint density at radius 2 is 1.92 bits per heavy atom. The van der Waals surface area contributed by atoms with Gasteiger partial charge in [-0.3, -0.25) is 0 Å². The van der Waals surface area contributed by atoms with E-state index in [1.54, 1.807) is 30.2 Å². The number of oxazole rings is 1. The fraction of sp³-hybridized carbons (Fsp3) is 0.389. The lowest BCUT2D eigenvalue weighted by Gasteiger charge is -2.07. The smallest absolute Gasteiger partial charge is 0.226 e. The summed E-state index contributed by atoms with van der Waals surface area (Å²) in [5.41, 5.74) is 1.62. The molecule has 0 amide bonds. The summed E-state index contributed by atoms with van der Waals surface area (Å²) in [6, 6.07) is 6.74. The number of halogens is 1. The fourth-order valence-electron chi connectivity index (χ4n) is 2.92. The number of nitrogens with zero attached hydrogens (tertiary/aromatic N) is 4. The van der Waals surface area contributed by atoms with Gasteiger partial charge in [-0.2, -0.15) is 0 Å². The molecular weight excluding hydrogens is 339 g/mol. The number of benzene rings is 1. The highest BCUT2D eigenvalue weighted by molar-refractivity contribution is 7.98. The van der Waals surface area contributed by atoms with Crippen LogP contribution in [0.15, 0.2) is 40.1 Å². The van der Waals surface area contributed by atoms with E-state index >= 15 is 0 Å². The van der Waals surface area contributed by atoms with Crippen molar-refractivity contribution in [3.05, 3.63) is 47.9 Å². The van der Waals surface area contributed by atoms with E-state index in [1.165, 1.54) is 37.8 Å². The molecule has 0 bridgehead atoms. The number of aromatic nitrogens is 4. The number of thioether (sulfide) groups is 1. The highest BCUT2D eigenvalue weighted by Gasteiger charge is 2.36. The van der Waals surface area contributed by atoms with Crippen LogP contribution in [0.1, 0.15) is 49.2 Å². The highest BCUT2D eigenvalue weighted by Crippen LogP contribution is 2.46. The van der Waals surface area contributed by atoms with Crippen LogP contribution in [0.25, 0.3) is 11.5 Å². The number of rotatable bonds is 6. The average Bonchev–Trinajstić information content (AvgIpc) is 3.55. The second kappa shape index (κ2) is 5.98. The molecule has 2 heterocycles. The Morgan fingerprint density at radius 3 is 2.64 bits per heavy atom. The molecule has 2 aromatic heterocycles. The number of hydrogen-bond donors (Lipinski definition) is 0. The van der Waals surface area contributed by atoms with Gasteiger partial charge in [0.2, 0.25) is 5.89 Å². The largest absolute Gasteiger partial charge is 0.444 e. The van der Waals surface area contributed by atoms with Crippen molar-refractivity contribution < 1.29 is 8.81 Å². The zero-order valence-electron chi connectivity index (χ0n) is 13.6. The quantitative estimate of drug-likeness (QED) is 0.605. The monoisotopic (exact) mass is 356 g/mol. The van der Waals surface area contributed by atoms with Crippen molar-refractivity contribution >= 4 is 11.8 Å². The van der Waals surface area contributed by atoms with Gasteiger partial charge in [-0.15, -0.1) is 10.2 Å². The zero-order chi connectivity index (χ0) is 16.8. The summed E-state index contributed by atoms with van der Waals surface area (Å²) in [4.78, 5) is 4.50. The van der Waals surface area contributed by atoms with Gasteiger partial charge >= 0.3 is 0 Å². The van der Waals surface area contributed by atoms with E-state index in [4.69, 9.17) is 4.42 Å². The summed E-state index contributed by atoms with van der Waals surface area (Å²) in [7, 11) is 0. The van der Waals surface area contributed by atoms with Gasteiger partial charge in [0.1, 0.15) is 17.9 Å². The molecule has 2 fully saturated rings. The van der Waals surface area contributed by atoms with Crippen LogP contribution in [0, 0.1) is 5.82 Å². The second-order valence-electron chi connectivity index (χ2n) is 6.66. The summed E-state index contributed by atoms with van der Waals surface area (Å²) >= 11 is 1.65. The minimum Gasteiger partial charge on any atom is -0.444 e. The van der Waals surface area contributed by atoms with Gasteiger partial charge in [0.15, 0.2) is 5.16 Å². The first-order valence-corrected chi connectivity index (χ1v) is 9.54. The van der Waals surface area contributed by atoms with Gasteiger partial charge in [0.25, 0.3) is 0 Å². The van der Waals surface area contributed by atoms with E-state index in [1.807, 2.05) is 0 Å². The molecule has 128 valence electrons. The van der Waals surface area contributed by atoms with E-state index < -0.39 is 0 Å². The van der Waals surface area contributed by atoms with Gasteiger partial charge in [-0.1, -0.05) is 11.8 Å². The molecule has 2 aliphatic carbocycles. The maximum Gasteiger partial charge on any atom is 0.226 e. The van der Waals surface area contributed by atoms with Crippen molar-refractivity contribution in [2.75, 3.05) is 0 Å². The van der Waals surface area contributed by atoms with Crippen LogP contribution < -0.4 is 0 Å². The Labute approximate surface area is 148 Å². The molecule has 1 aromatic carbocycles. The minimum atomic E-state index is -0.267. The van der Waals surface area contributed by atoms with Crippen LogP contribution >= 0.6 is 11.8 Å². The first kappa shape index (κ1) is 15.1. The normalized spacial score (nSPS) is 17.2. The van der Waals surface area contributed by atoms with Crippen LogP contribution in [0.2, 0.25) is 0 Å². The number of hydrogen-bond acceptors (Lipinski definition) is 5. The van der Waals surface area contributed by atoms with E-state index in [2.05, 4.69) is 19.7 Å². The topological polar surface area (TPSA) is 56.7 Å². The standard InChI is InChI=1S/C18H17FN4OS/c19-13-5-3-12(4-6-13)17-20-14(9-24-17)10-25-18-22-21-16(11-1-2-11)23(18)15-7-8-15/h3-6,9,11,15H,1-2,7-8,10H2. The van der Waals surface area contributed by atoms with E-state index in [0.717, 1.165) is 22.2 Å². The molecule has 5 nitrogen and oxygen atoms in total. The van der Waals surface area contributed by atoms with Crippen LogP contribution in [0.4, 0.5) is 4.39 Å². The van der Waals surface area contributed by atoms with Crippen LogP contribution in [0.5, 0.6) is 0 Å².